The van der Waals surface area contributed by atoms with Gasteiger partial charge in [-0.3, -0.25) is 4.79 Å². The lowest BCUT2D eigenvalue weighted by atomic mass is 10.1. The van der Waals surface area contributed by atoms with Crippen molar-refractivity contribution in [2.45, 2.75) is 32.9 Å². The summed E-state index contributed by atoms with van der Waals surface area (Å²) in [5.41, 5.74) is 6.52. The number of nitrogens with two attached hydrogens (primary N) is 1. The number of anilines is 1. The van der Waals surface area contributed by atoms with Gasteiger partial charge in [-0.15, -0.1) is 0 Å². The Bertz CT molecular complexity index is 504. The minimum atomic E-state index is -0.495. The molecule has 2 unspecified atom stereocenters. The Labute approximate surface area is 112 Å². The highest BCUT2D eigenvalue weighted by atomic mass is 19.1. The predicted molar refractivity (Wildman–Crippen MR) is 71.5 cm³/mol. The van der Waals surface area contributed by atoms with Gasteiger partial charge in [0.1, 0.15) is 5.82 Å². The Morgan fingerprint density at radius 2 is 2.16 bits per heavy atom. The van der Waals surface area contributed by atoms with Crippen LogP contribution in [0, 0.1) is 12.7 Å². The Kier molecular flexibility index (Phi) is 3.75. The Morgan fingerprint density at radius 1 is 1.47 bits per heavy atom. The van der Waals surface area contributed by atoms with Crippen molar-refractivity contribution in [1.82, 2.24) is 4.90 Å². The summed E-state index contributed by atoms with van der Waals surface area (Å²) >= 11 is 0. The fourth-order valence-electron chi connectivity index (χ4n) is 2.29. The van der Waals surface area contributed by atoms with E-state index in [1.54, 1.807) is 11.8 Å². The van der Waals surface area contributed by atoms with Crippen LogP contribution in [0.25, 0.3) is 0 Å². The van der Waals surface area contributed by atoms with Gasteiger partial charge < -0.3 is 15.4 Å². The number of aryl methyl sites for hydroxylation is 1. The van der Waals surface area contributed by atoms with E-state index in [9.17, 15) is 9.18 Å². The number of hydrogen-bond acceptors (Lipinski definition) is 3. The number of benzene rings is 1. The van der Waals surface area contributed by atoms with Crippen LogP contribution in [0.3, 0.4) is 0 Å². The Hall–Kier alpha value is -1.62. The molecule has 2 rings (SSSR count). The number of morpholine rings is 1. The first kappa shape index (κ1) is 13.8. The maximum Gasteiger partial charge on any atom is 0.257 e. The molecule has 2 atom stereocenters. The standard InChI is InChI=1S/C14H19FN2O2/c1-8-4-11(16)5-12(13(8)15)14(18)17-6-10(3)19-7-9(17)2/h4-5,9-10H,6-7,16H2,1-3H3. The van der Waals surface area contributed by atoms with Gasteiger partial charge in [0.15, 0.2) is 0 Å². The third kappa shape index (κ3) is 2.71. The van der Waals surface area contributed by atoms with E-state index < -0.39 is 5.82 Å². The average Bonchev–Trinajstić information content (AvgIpc) is 2.36. The van der Waals surface area contributed by atoms with Crippen LogP contribution in [0.2, 0.25) is 0 Å². The Balaban J connectivity index is 2.33. The van der Waals surface area contributed by atoms with Gasteiger partial charge in [-0.25, -0.2) is 4.39 Å². The zero-order valence-corrected chi connectivity index (χ0v) is 11.4. The largest absolute Gasteiger partial charge is 0.399 e. The molecule has 104 valence electrons. The van der Waals surface area contributed by atoms with Crippen LogP contribution in [0.4, 0.5) is 10.1 Å². The number of carbonyl (C=O) groups excluding carboxylic acids is 1. The zero-order valence-electron chi connectivity index (χ0n) is 11.4. The predicted octanol–water partition coefficient (Wildman–Crippen LogP) is 1.97. The number of amides is 1. The summed E-state index contributed by atoms with van der Waals surface area (Å²) in [7, 11) is 0. The fourth-order valence-corrected chi connectivity index (χ4v) is 2.29. The highest BCUT2D eigenvalue weighted by Crippen LogP contribution is 2.21. The molecule has 1 amide bonds. The fraction of sp³-hybridized carbons (Fsp3) is 0.500. The number of nitrogens with zero attached hydrogens (tertiary/aromatic N) is 1. The molecule has 2 N–H and O–H groups in total. The van der Waals surface area contributed by atoms with Crippen molar-refractivity contribution >= 4 is 11.6 Å². The van der Waals surface area contributed by atoms with Gasteiger partial charge in [-0.05, 0) is 38.5 Å². The van der Waals surface area contributed by atoms with Crippen molar-refractivity contribution in [1.29, 1.82) is 0 Å². The molecule has 19 heavy (non-hydrogen) atoms. The summed E-state index contributed by atoms with van der Waals surface area (Å²) in [4.78, 5) is 14.1. The highest BCUT2D eigenvalue weighted by molar-refractivity contribution is 5.96. The molecule has 0 aliphatic carbocycles. The second-order valence-corrected chi connectivity index (χ2v) is 5.15. The molecule has 1 fully saturated rings. The molecular formula is C14H19FN2O2. The van der Waals surface area contributed by atoms with E-state index in [-0.39, 0.29) is 23.6 Å². The number of carbonyl (C=O) groups is 1. The number of hydrogen-bond donors (Lipinski definition) is 1. The summed E-state index contributed by atoms with van der Waals surface area (Å²) in [6.07, 6.45) is -0.0367. The molecular weight excluding hydrogens is 247 g/mol. The monoisotopic (exact) mass is 266 g/mol. The second-order valence-electron chi connectivity index (χ2n) is 5.15. The van der Waals surface area contributed by atoms with Crippen LogP contribution >= 0.6 is 0 Å². The lowest BCUT2D eigenvalue weighted by Crippen LogP contribution is -2.50. The Morgan fingerprint density at radius 3 is 2.84 bits per heavy atom. The molecule has 1 saturated heterocycles. The van der Waals surface area contributed by atoms with Gasteiger partial charge in [0, 0.05) is 12.2 Å². The number of halogens is 1. The third-order valence-corrected chi connectivity index (χ3v) is 3.38. The van der Waals surface area contributed by atoms with Crippen molar-refractivity contribution in [2.24, 2.45) is 0 Å². The number of ether oxygens (including phenoxy) is 1. The first-order valence-corrected chi connectivity index (χ1v) is 6.38. The summed E-state index contributed by atoms with van der Waals surface area (Å²) in [6.45, 7) is 6.32. The van der Waals surface area contributed by atoms with Crippen LogP contribution < -0.4 is 5.73 Å². The van der Waals surface area contributed by atoms with Crippen molar-refractivity contribution < 1.29 is 13.9 Å². The first-order chi connectivity index (χ1) is 8.90. The van der Waals surface area contributed by atoms with Crippen molar-refractivity contribution in [3.63, 3.8) is 0 Å². The van der Waals surface area contributed by atoms with E-state index in [0.717, 1.165) is 0 Å². The topological polar surface area (TPSA) is 55.6 Å². The molecule has 1 aromatic rings. The molecule has 1 aliphatic rings. The molecule has 0 aromatic heterocycles. The van der Waals surface area contributed by atoms with Gasteiger partial charge >= 0.3 is 0 Å². The normalized spacial score (nSPS) is 23.5. The zero-order chi connectivity index (χ0) is 14.2. The van der Waals surface area contributed by atoms with Crippen LogP contribution in [-0.4, -0.2) is 36.1 Å². The van der Waals surface area contributed by atoms with Gasteiger partial charge in [0.25, 0.3) is 5.91 Å². The van der Waals surface area contributed by atoms with Gasteiger partial charge in [0.05, 0.1) is 24.3 Å². The molecule has 1 aliphatic heterocycles. The van der Waals surface area contributed by atoms with Crippen molar-refractivity contribution in [2.75, 3.05) is 18.9 Å². The van der Waals surface area contributed by atoms with E-state index in [0.29, 0.717) is 24.4 Å². The van der Waals surface area contributed by atoms with E-state index >= 15 is 0 Å². The van der Waals surface area contributed by atoms with Crippen LogP contribution in [0.5, 0.6) is 0 Å². The second kappa shape index (κ2) is 5.17. The summed E-state index contributed by atoms with van der Waals surface area (Å²) < 4.78 is 19.5. The smallest absolute Gasteiger partial charge is 0.257 e. The quantitative estimate of drug-likeness (QED) is 0.791. The average molecular weight is 266 g/mol. The molecule has 1 aromatic carbocycles. The summed E-state index contributed by atoms with van der Waals surface area (Å²) in [6, 6.07) is 2.86. The molecule has 0 saturated carbocycles. The minimum absolute atomic E-state index is 0.0367. The number of rotatable bonds is 1. The summed E-state index contributed by atoms with van der Waals surface area (Å²) in [5, 5.41) is 0. The van der Waals surface area contributed by atoms with E-state index in [1.807, 2.05) is 13.8 Å². The molecule has 1 heterocycles. The van der Waals surface area contributed by atoms with E-state index in [1.165, 1.54) is 12.1 Å². The minimum Gasteiger partial charge on any atom is -0.399 e. The summed E-state index contributed by atoms with van der Waals surface area (Å²) in [5.74, 6) is -0.818. The van der Waals surface area contributed by atoms with Gasteiger partial charge in [-0.1, -0.05) is 0 Å². The van der Waals surface area contributed by atoms with Crippen LogP contribution in [0.1, 0.15) is 29.8 Å². The number of nitrogen functional groups attached to an aromatic ring is 1. The van der Waals surface area contributed by atoms with Crippen molar-refractivity contribution in [3.8, 4) is 0 Å². The highest BCUT2D eigenvalue weighted by Gasteiger charge is 2.30. The third-order valence-electron chi connectivity index (χ3n) is 3.38. The van der Waals surface area contributed by atoms with Gasteiger partial charge in [0.2, 0.25) is 0 Å². The lowest BCUT2D eigenvalue weighted by molar-refractivity contribution is -0.0388. The van der Waals surface area contributed by atoms with E-state index in [4.69, 9.17) is 10.5 Å². The lowest BCUT2D eigenvalue weighted by Gasteiger charge is -2.37. The van der Waals surface area contributed by atoms with Crippen LogP contribution in [-0.2, 0) is 4.74 Å². The SMILES string of the molecule is Cc1cc(N)cc(C(=O)N2CC(C)OCC2C)c1F. The maximum absolute atomic E-state index is 14.1. The van der Waals surface area contributed by atoms with Gasteiger partial charge in [-0.2, -0.15) is 0 Å². The maximum atomic E-state index is 14.1. The molecule has 0 bridgehead atoms. The molecule has 0 spiro atoms. The molecule has 0 radical (unpaired) electrons. The molecule has 5 heteroatoms. The molecule has 4 nitrogen and oxygen atoms in total. The first-order valence-electron chi connectivity index (χ1n) is 6.38. The van der Waals surface area contributed by atoms with Crippen molar-refractivity contribution in [3.05, 3.63) is 29.1 Å². The van der Waals surface area contributed by atoms with E-state index in [2.05, 4.69) is 0 Å². The van der Waals surface area contributed by atoms with Crippen LogP contribution in [0.15, 0.2) is 12.1 Å².